The van der Waals surface area contributed by atoms with Crippen LogP contribution in [0.2, 0.25) is 10.0 Å². The maximum absolute atomic E-state index is 12.9. The smallest absolute Gasteiger partial charge is 0.241 e. The largest absolute Gasteiger partial charge is 0.359 e. The highest BCUT2D eigenvalue weighted by Crippen LogP contribution is 2.57. The van der Waals surface area contributed by atoms with E-state index < -0.39 is 23.0 Å². The number of imide groups is 1. The van der Waals surface area contributed by atoms with Crippen LogP contribution >= 0.6 is 23.2 Å². The first-order chi connectivity index (χ1) is 10.3. The molecule has 22 heavy (non-hydrogen) atoms. The van der Waals surface area contributed by atoms with Crippen molar-refractivity contribution >= 4 is 40.7 Å². The van der Waals surface area contributed by atoms with E-state index in [2.05, 4.69) is 0 Å². The molecule has 1 aromatic rings. The van der Waals surface area contributed by atoms with E-state index in [1.165, 1.54) is 11.0 Å². The highest BCUT2D eigenvalue weighted by atomic mass is 35.5. The molecule has 0 spiro atoms. The fraction of sp³-hybridized carbons (Fsp3) is 0.375. The van der Waals surface area contributed by atoms with Crippen molar-refractivity contribution in [2.75, 3.05) is 4.90 Å². The number of amides is 2. The summed E-state index contributed by atoms with van der Waals surface area (Å²) in [6.45, 7) is 3.69. The fourth-order valence-electron chi connectivity index (χ4n) is 3.93. The first-order valence-corrected chi connectivity index (χ1v) is 7.76. The quantitative estimate of drug-likeness (QED) is 0.583. The third-order valence-corrected chi connectivity index (χ3v) is 5.41. The molecular weight excluding hydrogens is 325 g/mol. The first-order valence-electron chi connectivity index (χ1n) is 7.00. The molecule has 6 heteroatoms. The Morgan fingerprint density at radius 1 is 1.05 bits per heavy atom. The minimum atomic E-state index is -0.736. The molecule has 2 bridgehead atoms. The Hall–Kier alpha value is -1.36. The van der Waals surface area contributed by atoms with E-state index in [1.807, 2.05) is 26.0 Å². The molecule has 1 aromatic carbocycles. The number of hydrogen-bond acceptors (Lipinski definition) is 3. The normalized spacial score (nSPS) is 39.0. The Kier molecular flexibility index (Phi) is 2.68. The molecule has 0 radical (unpaired) electrons. The molecule has 0 unspecified atom stereocenters. The predicted molar refractivity (Wildman–Crippen MR) is 83.0 cm³/mol. The summed E-state index contributed by atoms with van der Waals surface area (Å²) >= 11 is 12.1. The molecule has 0 aliphatic carbocycles. The van der Waals surface area contributed by atoms with Crippen molar-refractivity contribution in [3.8, 4) is 0 Å². The average Bonchev–Trinajstić information content (AvgIpc) is 2.97. The molecule has 114 valence electrons. The first kappa shape index (κ1) is 14.2. The summed E-state index contributed by atoms with van der Waals surface area (Å²) in [4.78, 5) is 26.9. The van der Waals surface area contributed by atoms with Gasteiger partial charge in [-0.1, -0.05) is 35.4 Å². The van der Waals surface area contributed by atoms with Crippen LogP contribution in [0.1, 0.15) is 13.8 Å². The third-order valence-electron chi connectivity index (χ3n) is 4.88. The van der Waals surface area contributed by atoms with E-state index in [-0.39, 0.29) is 16.8 Å². The number of hydrogen-bond donors (Lipinski definition) is 0. The lowest BCUT2D eigenvalue weighted by molar-refractivity contribution is -0.128. The molecule has 0 N–H and O–H groups in total. The van der Waals surface area contributed by atoms with Crippen LogP contribution in [0.3, 0.4) is 0 Å². The Labute approximate surface area is 137 Å². The second kappa shape index (κ2) is 4.13. The number of nitrogens with zero attached hydrogens (tertiary/aromatic N) is 1. The standard InChI is InChI=1S/C16H13Cl2NO3/c1-15-5-6-16(2,22-15)12-11(15)13(20)19(14(12)21)10-4-3-8(17)7-9(10)18/h3-7,11-12H,1-2H3/t11-,12+,15+,16-. The summed E-state index contributed by atoms with van der Waals surface area (Å²) in [5.41, 5.74) is -1.10. The molecule has 2 fully saturated rings. The second-order valence-electron chi connectivity index (χ2n) is 6.37. The van der Waals surface area contributed by atoms with Gasteiger partial charge in [-0.25, -0.2) is 4.90 Å². The molecule has 3 aliphatic rings. The van der Waals surface area contributed by atoms with Crippen LogP contribution in [0.4, 0.5) is 5.69 Å². The average molecular weight is 338 g/mol. The zero-order chi connectivity index (χ0) is 15.9. The Balaban J connectivity index is 1.83. The zero-order valence-electron chi connectivity index (χ0n) is 12.0. The lowest BCUT2D eigenvalue weighted by Crippen LogP contribution is -2.39. The van der Waals surface area contributed by atoms with Gasteiger partial charge in [0.1, 0.15) is 0 Å². The van der Waals surface area contributed by atoms with Crippen molar-refractivity contribution in [2.24, 2.45) is 11.8 Å². The fourth-order valence-corrected chi connectivity index (χ4v) is 4.42. The van der Waals surface area contributed by atoms with Crippen LogP contribution in [-0.2, 0) is 14.3 Å². The van der Waals surface area contributed by atoms with Crippen LogP contribution in [0.25, 0.3) is 0 Å². The zero-order valence-corrected chi connectivity index (χ0v) is 13.5. The number of carbonyl (C=O) groups is 2. The van der Waals surface area contributed by atoms with Crippen molar-refractivity contribution in [3.05, 3.63) is 40.4 Å². The summed E-state index contributed by atoms with van der Waals surface area (Å²) in [6, 6.07) is 4.74. The SMILES string of the molecule is C[C@]12C=C[C@](C)(O1)[C@H]1C(=O)N(c3ccc(Cl)cc3Cl)C(=O)[C@H]12. The molecule has 3 aliphatic heterocycles. The number of rotatable bonds is 1. The molecular formula is C16H13Cl2NO3. The van der Waals surface area contributed by atoms with Gasteiger partial charge in [0, 0.05) is 5.02 Å². The summed E-state index contributed by atoms with van der Waals surface area (Å²) in [7, 11) is 0. The van der Waals surface area contributed by atoms with Gasteiger partial charge in [0.2, 0.25) is 11.8 Å². The Morgan fingerprint density at radius 3 is 2.09 bits per heavy atom. The van der Waals surface area contributed by atoms with Gasteiger partial charge in [0.05, 0.1) is 33.7 Å². The van der Waals surface area contributed by atoms with Crippen molar-refractivity contribution in [3.63, 3.8) is 0 Å². The summed E-state index contributed by atoms with van der Waals surface area (Å²) in [5, 5.41) is 0.739. The van der Waals surface area contributed by atoms with Crippen LogP contribution in [-0.4, -0.2) is 23.0 Å². The predicted octanol–water partition coefficient (Wildman–Crippen LogP) is 3.22. The molecule has 4 rings (SSSR count). The van der Waals surface area contributed by atoms with Gasteiger partial charge in [0.25, 0.3) is 0 Å². The van der Waals surface area contributed by atoms with E-state index in [0.717, 1.165) is 0 Å². The number of anilines is 1. The van der Waals surface area contributed by atoms with Gasteiger partial charge in [0.15, 0.2) is 0 Å². The summed E-state index contributed by atoms with van der Waals surface area (Å²) in [6.07, 6.45) is 3.76. The number of fused-ring (bicyclic) bond motifs is 5. The summed E-state index contributed by atoms with van der Waals surface area (Å²) < 4.78 is 5.96. The van der Waals surface area contributed by atoms with E-state index >= 15 is 0 Å². The Bertz CT molecular complexity index is 726. The number of ether oxygens (including phenoxy) is 1. The van der Waals surface area contributed by atoms with Gasteiger partial charge in [-0.05, 0) is 32.0 Å². The highest BCUT2D eigenvalue weighted by molar-refractivity contribution is 6.38. The van der Waals surface area contributed by atoms with Crippen LogP contribution in [0.5, 0.6) is 0 Å². The molecule has 2 saturated heterocycles. The van der Waals surface area contributed by atoms with Crippen molar-refractivity contribution in [1.82, 2.24) is 0 Å². The Morgan fingerprint density at radius 2 is 1.59 bits per heavy atom. The maximum Gasteiger partial charge on any atom is 0.241 e. The number of halogens is 2. The van der Waals surface area contributed by atoms with Gasteiger partial charge in [-0.15, -0.1) is 0 Å². The summed E-state index contributed by atoms with van der Waals surface area (Å²) in [5.74, 6) is -1.56. The van der Waals surface area contributed by atoms with Crippen LogP contribution in [0.15, 0.2) is 30.4 Å². The second-order valence-corrected chi connectivity index (χ2v) is 7.21. The molecule has 4 nitrogen and oxygen atoms in total. The maximum atomic E-state index is 12.9. The molecule has 0 aromatic heterocycles. The monoisotopic (exact) mass is 337 g/mol. The lowest BCUT2D eigenvalue weighted by Gasteiger charge is -2.25. The van der Waals surface area contributed by atoms with E-state index in [9.17, 15) is 9.59 Å². The van der Waals surface area contributed by atoms with Gasteiger partial charge < -0.3 is 4.74 Å². The van der Waals surface area contributed by atoms with E-state index in [0.29, 0.717) is 10.7 Å². The van der Waals surface area contributed by atoms with Crippen molar-refractivity contribution < 1.29 is 14.3 Å². The minimum absolute atomic E-state index is 0.269. The lowest BCUT2D eigenvalue weighted by atomic mass is 9.73. The molecule has 3 heterocycles. The van der Waals surface area contributed by atoms with Gasteiger partial charge in [-0.2, -0.15) is 0 Å². The van der Waals surface area contributed by atoms with E-state index in [4.69, 9.17) is 27.9 Å². The van der Waals surface area contributed by atoms with Crippen LogP contribution in [0, 0.1) is 11.8 Å². The topological polar surface area (TPSA) is 46.6 Å². The van der Waals surface area contributed by atoms with Gasteiger partial charge in [-0.3, -0.25) is 9.59 Å². The molecule has 4 atom stereocenters. The van der Waals surface area contributed by atoms with Crippen molar-refractivity contribution in [1.29, 1.82) is 0 Å². The van der Waals surface area contributed by atoms with Gasteiger partial charge >= 0.3 is 0 Å². The number of benzene rings is 1. The highest BCUT2D eigenvalue weighted by Gasteiger charge is 2.70. The molecule has 2 amide bonds. The number of carbonyl (C=O) groups excluding carboxylic acids is 2. The van der Waals surface area contributed by atoms with E-state index in [1.54, 1.807) is 12.1 Å². The van der Waals surface area contributed by atoms with Crippen LogP contribution < -0.4 is 4.90 Å². The molecule has 0 saturated carbocycles. The van der Waals surface area contributed by atoms with Crippen molar-refractivity contribution in [2.45, 2.75) is 25.0 Å². The minimum Gasteiger partial charge on any atom is -0.359 e. The third kappa shape index (κ3) is 1.58.